The molecule has 0 amide bonds. The summed E-state index contributed by atoms with van der Waals surface area (Å²) in [6.45, 7) is 6.60. The number of anilines is 1. The summed E-state index contributed by atoms with van der Waals surface area (Å²) in [6.07, 6.45) is 0. The van der Waals surface area contributed by atoms with E-state index in [1.807, 2.05) is 12.1 Å². The lowest BCUT2D eigenvalue weighted by Gasteiger charge is -2.21. The van der Waals surface area contributed by atoms with Crippen molar-refractivity contribution in [2.24, 2.45) is 17.6 Å². The molecule has 0 saturated heterocycles. The van der Waals surface area contributed by atoms with E-state index in [0.29, 0.717) is 25.0 Å². The van der Waals surface area contributed by atoms with Crippen LogP contribution in [0, 0.1) is 11.8 Å². The molecule has 1 atom stereocenters. The number of ether oxygens (including phenoxy) is 1. The van der Waals surface area contributed by atoms with Gasteiger partial charge in [0, 0.05) is 29.4 Å². The summed E-state index contributed by atoms with van der Waals surface area (Å²) in [5.41, 5.74) is 8.06. The molecule has 0 radical (unpaired) electrons. The average Bonchev–Trinajstić information content (AvgIpc) is 2.33. The quantitative estimate of drug-likeness (QED) is 0.812. The van der Waals surface area contributed by atoms with Gasteiger partial charge in [-0.25, -0.2) is 0 Å². The Labute approximate surface area is 118 Å². The maximum Gasteiger partial charge on any atom is 0.0744 e. The maximum absolute atomic E-state index is 5.79. The van der Waals surface area contributed by atoms with Gasteiger partial charge in [0.25, 0.3) is 0 Å². The third-order valence-electron chi connectivity index (χ3n) is 3.21. The van der Waals surface area contributed by atoms with Crippen LogP contribution < -0.4 is 11.1 Å². The van der Waals surface area contributed by atoms with E-state index in [9.17, 15) is 0 Å². The predicted molar refractivity (Wildman–Crippen MR) is 80.7 cm³/mol. The molecule has 1 aromatic carbocycles. The van der Waals surface area contributed by atoms with Gasteiger partial charge in [-0.2, -0.15) is 0 Å². The normalized spacial score (nSPS) is 12.8. The Bertz CT molecular complexity index is 369. The van der Waals surface area contributed by atoms with Crippen molar-refractivity contribution in [3.05, 3.63) is 28.2 Å². The van der Waals surface area contributed by atoms with Crippen molar-refractivity contribution < 1.29 is 4.74 Å². The lowest BCUT2D eigenvalue weighted by Crippen LogP contribution is -2.27. The molecule has 18 heavy (non-hydrogen) atoms. The minimum atomic E-state index is 0.486. The number of hydrogen-bond donors (Lipinski definition) is 2. The number of halogens is 1. The van der Waals surface area contributed by atoms with Gasteiger partial charge in [-0.05, 0) is 30.5 Å². The summed E-state index contributed by atoms with van der Waals surface area (Å²) in [5, 5.41) is 3.48. The highest BCUT2D eigenvalue weighted by Gasteiger charge is 2.12. The third-order valence-corrected chi connectivity index (χ3v) is 3.95. The van der Waals surface area contributed by atoms with Crippen molar-refractivity contribution in [3.63, 3.8) is 0 Å². The second kappa shape index (κ2) is 7.77. The summed E-state index contributed by atoms with van der Waals surface area (Å²) in [6, 6.07) is 6.13. The van der Waals surface area contributed by atoms with Crippen LogP contribution in [0.4, 0.5) is 5.69 Å². The van der Waals surface area contributed by atoms with Crippen molar-refractivity contribution in [1.29, 1.82) is 0 Å². The first-order chi connectivity index (χ1) is 8.60. The zero-order chi connectivity index (χ0) is 13.5. The summed E-state index contributed by atoms with van der Waals surface area (Å²) in [7, 11) is 1.71. The molecule has 0 aliphatic carbocycles. The molecule has 0 spiro atoms. The summed E-state index contributed by atoms with van der Waals surface area (Å²) in [4.78, 5) is 0. The number of rotatable bonds is 7. The van der Waals surface area contributed by atoms with E-state index in [-0.39, 0.29) is 0 Å². The SMILES string of the molecule is COCc1c(Br)cccc1NCC(CN)C(C)C. The van der Waals surface area contributed by atoms with Crippen LogP contribution in [0.3, 0.4) is 0 Å². The molecule has 1 unspecified atom stereocenters. The van der Waals surface area contributed by atoms with Gasteiger partial charge in [0.15, 0.2) is 0 Å². The molecule has 0 bridgehead atoms. The topological polar surface area (TPSA) is 47.3 Å². The van der Waals surface area contributed by atoms with Crippen molar-refractivity contribution in [1.82, 2.24) is 0 Å². The Morgan fingerprint density at radius 1 is 1.39 bits per heavy atom. The van der Waals surface area contributed by atoms with Gasteiger partial charge < -0.3 is 15.8 Å². The van der Waals surface area contributed by atoms with E-state index in [2.05, 4.69) is 41.2 Å². The highest BCUT2D eigenvalue weighted by Crippen LogP contribution is 2.26. The van der Waals surface area contributed by atoms with Crippen molar-refractivity contribution in [3.8, 4) is 0 Å². The van der Waals surface area contributed by atoms with Crippen LogP contribution in [0.25, 0.3) is 0 Å². The van der Waals surface area contributed by atoms with E-state index in [0.717, 1.165) is 22.3 Å². The first-order valence-corrected chi connectivity index (χ1v) is 7.09. The number of hydrogen-bond acceptors (Lipinski definition) is 3. The minimum Gasteiger partial charge on any atom is -0.384 e. The molecule has 3 N–H and O–H groups in total. The monoisotopic (exact) mass is 314 g/mol. The molecule has 102 valence electrons. The molecule has 3 nitrogen and oxygen atoms in total. The molecule has 0 fully saturated rings. The summed E-state index contributed by atoms with van der Waals surface area (Å²) >= 11 is 3.56. The fraction of sp³-hybridized carbons (Fsp3) is 0.571. The molecule has 0 heterocycles. The van der Waals surface area contributed by atoms with Crippen LogP contribution >= 0.6 is 15.9 Å². The fourth-order valence-electron chi connectivity index (χ4n) is 1.85. The molecule has 1 aromatic rings. The number of benzene rings is 1. The smallest absolute Gasteiger partial charge is 0.0744 e. The Balaban J connectivity index is 2.74. The molecular weight excluding hydrogens is 292 g/mol. The van der Waals surface area contributed by atoms with Crippen molar-refractivity contribution in [2.75, 3.05) is 25.5 Å². The second-order valence-corrected chi connectivity index (χ2v) is 5.67. The van der Waals surface area contributed by atoms with Gasteiger partial charge >= 0.3 is 0 Å². The molecule has 0 aromatic heterocycles. The van der Waals surface area contributed by atoms with E-state index in [4.69, 9.17) is 10.5 Å². The van der Waals surface area contributed by atoms with Crippen molar-refractivity contribution >= 4 is 21.6 Å². The van der Waals surface area contributed by atoms with Crippen molar-refractivity contribution in [2.45, 2.75) is 20.5 Å². The zero-order valence-corrected chi connectivity index (χ0v) is 13.0. The lowest BCUT2D eigenvalue weighted by atomic mass is 9.96. The molecule has 0 aliphatic rings. The summed E-state index contributed by atoms with van der Waals surface area (Å²) < 4.78 is 6.31. The third kappa shape index (κ3) is 4.26. The predicted octanol–water partition coefficient (Wildman–Crippen LogP) is 3.24. The minimum absolute atomic E-state index is 0.486. The Morgan fingerprint density at radius 2 is 2.11 bits per heavy atom. The molecule has 0 saturated carbocycles. The van der Waals surface area contributed by atoms with E-state index >= 15 is 0 Å². The largest absolute Gasteiger partial charge is 0.384 e. The van der Waals surface area contributed by atoms with Crippen LogP contribution in [0.5, 0.6) is 0 Å². The molecule has 0 aliphatic heterocycles. The maximum atomic E-state index is 5.79. The van der Waals surface area contributed by atoms with Gasteiger partial charge in [0.2, 0.25) is 0 Å². The van der Waals surface area contributed by atoms with Gasteiger partial charge in [0.05, 0.1) is 6.61 Å². The van der Waals surface area contributed by atoms with E-state index in [1.165, 1.54) is 0 Å². The van der Waals surface area contributed by atoms with Gasteiger partial charge in [0.1, 0.15) is 0 Å². The number of nitrogens with one attached hydrogen (secondary N) is 1. The van der Waals surface area contributed by atoms with Crippen LogP contribution in [0.1, 0.15) is 19.4 Å². The van der Waals surface area contributed by atoms with Crippen LogP contribution in [0.15, 0.2) is 22.7 Å². The number of nitrogens with two attached hydrogens (primary N) is 1. The first-order valence-electron chi connectivity index (χ1n) is 6.30. The van der Waals surface area contributed by atoms with Gasteiger partial charge in [-0.15, -0.1) is 0 Å². The highest BCUT2D eigenvalue weighted by atomic mass is 79.9. The van der Waals surface area contributed by atoms with E-state index in [1.54, 1.807) is 7.11 Å². The van der Waals surface area contributed by atoms with E-state index < -0.39 is 0 Å². The molecule has 4 heteroatoms. The Morgan fingerprint density at radius 3 is 2.67 bits per heavy atom. The van der Waals surface area contributed by atoms with Gasteiger partial charge in [-0.3, -0.25) is 0 Å². The Hall–Kier alpha value is -0.580. The standard InChI is InChI=1S/C14H23BrN2O/c1-10(2)11(7-16)8-17-14-6-4-5-13(15)12(14)9-18-3/h4-6,10-11,17H,7-9,16H2,1-3H3. The molecule has 1 rings (SSSR count). The van der Waals surface area contributed by atoms with Crippen LogP contribution in [0.2, 0.25) is 0 Å². The molecular formula is C14H23BrN2O. The zero-order valence-electron chi connectivity index (χ0n) is 11.4. The second-order valence-electron chi connectivity index (χ2n) is 4.82. The average molecular weight is 315 g/mol. The van der Waals surface area contributed by atoms with Gasteiger partial charge in [-0.1, -0.05) is 35.8 Å². The highest BCUT2D eigenvalue weighted by molar-refractivity contribution is 9.10. The first kappa shape index (κ1) is 15.5. The fourth-order valence-corrected chi connectivity index (χ4v) is 2.33. The summed E-state index contributed by atoms with van der Waals surface area (Å²) in [5.74, 6) is 1.07. The van der Waals surface area contributed by atoms with Crippen LogP contribution in [-0.4, -0.2) is 20.2 Å². The lowest BCUT2D eigenvalue weighted by molar-refractivity contribution is 0.185. The Kier molecular flexibility index (Phi) is 6.68. The van der Waals surface area contributed by atoms with Crippen LogP contribution in [-0.2, 0) is 11.3 Å². The number of methoxy groups -OCH3 is 1.